The Morgan fingerprint density at radius 2 is 1.88 bits per heavy atom. The van der Waals surface area contributed by atoms with Gasteiger partial charge in [0.1, 0.15) is 5.00 Å². The number of carbonyl (C=O) groups excluding carboxylic acids is 1. The number of hydrogen-bond acceptors (Lipinski definition) is 6. The van der Waals surface area contributed by atoms with Crippen LogP contribution >= 0.6 is 23.6 Å². The van der Waals surface area contributed by atoms with Gasteiger partial charge in [-0.25, -0.2) is 4.79 Å². The van der Waals surface area contributed by atoms with Gasteiger partial charge in [-0.05, 0) is 49.3 Å². The molecule has 26 heavy (non-hydrogen) atoms. The molecule has 0 aliphatic heterocycles. The summed E-state index contributed by atoms with van der Waals surface area (Å²) in [6.07, 6.45) is 0.759. The Hall–Kier alpha value is -2.32. The van der Waals surface area contributed by atoms with Gasteiger partial charge in [0.15, 0.2) is 16.6 Å². The average Bonchev–Trinajstić information content (AvgIpc) is 3.00. The number of rotatable bonds is 7. The maximum atomic E-state index is 11.8. The van der Waals surface area contributed by atoms with E-state index in [4.69, 9.17) is 26.4 Å². The summed E-state index contributed by atoms with van der Waals surface area (Å²) in [5.41, 5.74) is 1.58. The largest absolute Gasteiger partial charge is 0.493 e. The highest BCUT2D eigenvalue weighted by Crippen LogP contribution is 2.28. The van der Waals surface area contributed by atoms with Gasteiger partial charge in [0.05, 0.1) is 26.9 Å². The Labute approximate surface area is 162 Å². The van der Waals surface area contributed by atoms with E-state index >= 15 is 0 Å². The van der Waals surface area contributed by atoms with Crippen LogP contribution in [0.15, 0.2) is 24.3 Å². The van der Waals surface area contributed by atoms with Gasteiger partial charge in [0.2, 0.25) is 0 Å². The Balaban J connectivity index is 1.91. The molecule has 0 bridgehead atoms. The highest BCUT2D eigenvalue weighted by atomic mass is 32.1. The quantitative estimate of drug-likeness (QED) is 0.551. The minimum absolute atomic E-state index is 0.384. The number of carbonyl (C=O) groups is 1. The van der Waals surface area contributed by atoms with Gasteiger partial charge >= 0.3 is 5.97 Å². The molecule has 2 aromatic rings. The lowest BCUT2D eigenvalue weighted by molar-refractivity contribution is 0.0602. The summed E-state index contributed by atoms with van der Waals surface area (Å²) in [4.78, 5) is 12.8. The molecule has 2 rings (SSSR count). The number of thiocarbonyl (C=S) groups is 1. The number of hydrogen-bond donors (Lipinski definition) is 2. The number of nitrogens with one attached hydrogen (secondary N) is 2. The van der Waals surface area contributed by atoms with Crippen LogP contribution in [-0.2, 0) is 11.2 Å². The van der Waals surface area contributed by atoms with E-state index in [-0.39, 0.29) is 5.97 Å². The minimum Gasteiger partial charge on any atom is -0.493 e. The monoisotopic (exact) mass is 394 g/mol. The van der Waals surface area contributed by atoms with Crippen molar-refractivity contribution >= 4 is 39.6 Å². The summed E-state index contributed by atoms with van der Waals surface area (Å²) in [5.74, 6) is 1.01. The molecule has 2 N–H and O–H groups in total. The second kappa shape index (κ2) is 9.40. The molecule has 0 aliphatic carbocycles. The number of benzene rings is 1. The number of thiophene rings is 1. The van der Waals surface area contributed by atoms with Crippen LogP contribution in [0.1, 0.15) is 20.8 Å². The van der Waals surface area contributed by atoms with Crippen LogP contribution in [0.2, 0.25) is 0 Å². The maximum Gasteiger partial charge on any atom is 0.340 e. The van der Waals surface area contributed by atoms with E-state index in [1.165, 1.54) is 18.4 Å². The van der Waals surface area contributed by atoms with Crippen molar-refractivity contribution in [2.45, 2.75) is 13.3 Å². The van der Waals surface area contributed by atoms with E-state index in [2.05, 4.69) is 10.6 Å². The van der Waals surface area contributed by atoms with Gasteiger partial charge in [-0.1, -0.05) is 6.07 Å². The van der Waals surface area contributed by atoms with Crippen LogP contribution in [0.5, 0.6) is 11.5 Å². The van der Waals surface area contributed by atoms with Crippen molar-refractivity contribution in [1.29, 1.82) is 0 Å². The first-order chi connectivity index (χ1) is 12.5. The van der Waals surface area contributed by atoms with Gasteiger partial charge in [0.25, 0.3) is 0 Å². The smallest absolute Gasteiger partial charge is 0.340 e. The number of aryl methyl sites for hydroxylation is 1. The molecule has 0 radical (unpaired) electrons. The lowest BCUT2D eigenvalue weighted by Gasteiger charge is -2.12. The summed E-state index contributed by atoms with van der Waals surface area (Å²) in [5, 5.41) is 7.34. The van der Waals surface area contributed by atoms with Crippen molar-refractivity contribution in [3.05, 3.63) is 40.3 Å². The first kappa shape index (κ1) is 20.0. The molecule has 0 atom stereocenters. The highest BCUT2D eigenvalue weighted by molar-refractivity contribution is 7.80. The van der Waals surface area contributed by atoms with Crippen LogP contribution in [0, 0.1) is 6.92 Å². The summed E-state index contributed by atoms with van der Waals surface area (Å²) in [6.45, 7) is 2.56. The standard InChI is InChI=1S/C18H22N2O4S2/c1-11-9-13(17(21)24-4)16(26-11)20-18(25)19-8-7-12-5-6-14(22-2)15(10-12)23-3/h5-6,9-10H,7-8H2,1-4H3,(H2,19,20,25). The SMILES string of the molecule is COC(=O)c1cc(C)sc1NC(=S)NCCc1ccc(OC)c(OC)c1. The van der Waals surface area contributed by atoms with Crippen molar-refractivity contribution in [2.75, 3.05) is 33.2 Å². The second-order valence-corrected chi connectivity index (χ2v) is 7.08. The number of ether oxygens (including phenoxy) is 3. The Morgan fingerprint density at radius 1 is 1.15 bits per heavy atom. The minimum atomic E-state index is -0.384. The molecular weight excluding hydrogens is 372 g/mol. The van der Waals surface area contributed by atoms with Crippen molar-refractivity contribution in [3.63, 3.8) is 0 Å². The van der Waals surface area contributed by atoms with E-state index in [0.717, 1.165) is 16.9 Å². The summed E-state index contributed by atoms with van der Waals surface area (Å²) >= 11 is 6.77. The fourth-order valence-electron chi connectivity index (χ4n) is 2.37. The third kappa shape index (κ3) is 5.09. The Bertz CT molecular complexity index is 789. The summed E-state index contributed by atoms with van der Waals surface area (Å²) in [6, 6.07) is 7.58. The molecule has 1 aromatic heterocycles. The van der Waals surface area contributed by atoms with Crippen LogP contribution < -0.4 is 20.1 Å². The van der Waals surface area contributed by atoms with E-state index in [1.54, 1.807) is 20.3 Å². The molecule has 0 unspecified atom stereocenters. The molecule has 8 heteroatoms. The predicted molar refractivity (Wildman–Crippen MR) is 108 cm³/mol. The molecule has 0 aliphatic rings. The third-order valence-corrected chi connectivity index (χ3v) is 4.85. The van der Waals surface area contributed by atoms with Crippen LogP contribution in [0.3, 0.4) is 0 Å². The zero-order chi connectivity index (χ0) is 19.1. The summed E-state index contributed by atoms with van der Waals surface area (Å²) < 4.78 is 15.3. The van der Waals surface area contributed by atoms with Gasteiger partial charge < -0.3 is 24.8 Å². The van der Waals surface area contributed by atoms with Crippen LogP contribution in [0.4, 0.5) is 5.00 Å². The van der Waals surface area contributed by atoms with E-state index in [0.29, 0.717) is 33.7 Å². The third-order valence-electron chi connectivity index (χ3n) is 3.63. The van der Waals surface area contributed by atoms with Gasteiger partial charge in [-0.3, -0.25) is 0 Å². The average molecular weight is 395 g/mol. The fraction of sp³-hybridized carbons (Fsp3) is 0.333. The van der Waals surface area contributed by atoms with Gasteiger partial charge in [0, 0.05) is 11.4 Å². The summed E-state index contributed by atoms with van der Waals surface area (Å²) in [7, 11) is 4.58. The van der Waals surface area contributed by atoms with Crippen molar-refractivity contribution in [3.8, 4) is 11.5 Å². The number of esters is 1. The number of methoxy groups -OCH3 is 3. The first-order valence-corrected chi connectivity index (χ1v) is 9.15. The molecule has 6 nitrogen and oxygen atoms in total. The molecule has 0 amide bonds. The zero-order valence-electron chi connectivity index (χ0n) is 15.2. The van der Waals surface area contributed by atoms with Crippen LogP contribution in [-0.4, -0.2) is 39.0 Å². The van der Waals surface area contributed by atoms with Crippen molar-refractivity contribution in [1.82, 2.24) is 5.32 Å². The van der Waals surface area contributed by atoms with Crippen LogP contribution in [0.25, 0.3) is 0 Å². The highest BCUT2D eigenvalue weighted by Gasteiger charge is 2.16. The first-order valence-electron chi connectivity index (χ1n) is 7.93. The lowest BCUT2D eigenvalue weighted by Crippen LogP contribution is -2.30. The topological polar surface area (TPSA) is 68.8 Å². The molecule has 140 valence electrons. The number of anilines is 1. The van der Waals surface area contributed by atoms with Crippen molar-refractivity contribution < 1.29 is 19.0 Å². The molecule has 1 aromatic carbocycles. The lowest BCUT2D eigenvalue weighted by atomic mass is 10.1. The fourth-order valence-corrected chi connectivity index (χ4v) is 3.55. The Kier molecular flexibility index (Phi) is 7.23. The Morgan fingerprint density at radius 3 is 2.54 bits per heavy atom. The van der Waals surface area contributed by atoms with Gasteiger partial charge in [-0.15, -0.1) is 11.3 Å². The molecule has 0 fully saturated rings. The molecule has 0 spiro atoms. The second-order valence-electron chi connectivity index (χ2n) is 5.41. The molecular formula is C18H22N2O4S2. The van der Waals surface area contributed by atoms with Gasteiger partial charge in [-0.2, -0.15) is 0 Å². The predicted octanol–water partition coefficient (Wildman–Crippen LogP) is 3.39. The van der Waals surface area contributed by atoms with E-state index in [9.17, 15) is 4.79 Å². The van der Waals surface area contributed by atoms with E-state index in [1.807, 2.05) is 25.1 Å². The zero-order valence-corrected chi connectivity index (χ0v) is 16.8. The normalized spacial score (nSPS) is 10.2. The molecule has 0 saturated heterocycles. The van der Waals surface area contributed by atoms with Crippen molar-refractivity contribution in [2.24, 2.45) is 0 Å². The molecule has 0 saturated carbocycles. The van der Waals surface area contributed by atoms with E-state index < -0.39 is 0 Å². The molecule has 1 heterocycles. The maximum absolute atomic E-state index is 11.8.